The monoisotopic (exact) mass is 410 g/mol. The van der Waals surface area contributed by atoms with E-state index < -0.39 is 10.0 Å². The molecule has 0 heterocycles. The van der Waals surface area contributed by atoms with E-state index in [4.69, 9.17) is 16.3 Å². The summed E-state index contributed by atoms with van der Waals surface area (Å²) in [7, 11) is -2.30. The third-order valence-electron chi connectivity index (χ3n) is 4.15. The van der Waals surface area contributed by atoms with Gasteiger partial charge in [0.2, 0.25) is 0 Å². The third-order valence-corrected chi connectivity index (χ3v) is 5.88. The number of hydrogen-bond donors (Lipinski definition) is 2. The number of halogens is 1. The summed E-state index contributed by atoms with van der Waals surface area (Å²) in [6, 6.07) is 10.5. The zero-order valence-corrected chi connectivity index (χ0v) is 17.0. The Morgan fingerprint density at radius 1 is 1.11 bits per heavy atom. The molecule has 0 atom stereocenters. The molecule has 0 aliphatic rings. The average Bonchev–Trinajstić information content (AvgIpc) is 2.67. The van der Waals surface area contributed by atoms with Gasteiger partial charge in [0.15, 0.2) is 0 Å². The van der Waals surface area contributed by atoms with Crippen LogP contribution in [-0.2, 0) is 10.0 Å². The van der Waals surface area contributed by atoms with Crippen molar-refractivity contribution in [2.75, 3.05) is 11.8 Å². The van der Waals surface area contributed by atoms with Crippen molar-refractivity contribution in [2.45, 2.75) is 37.6 Å². The summed E-state index contributed by atoms with van der Waals surface area (Å²) in [5, 5.41) is 3.15. The average molecular weight is 411 g/mol. The van der Waals surface area contributed by atoms with Gasteiger partial charge >= 0.3 is 0 Å². The zero-order valence-electron chi connectivity index (χ0n) is 15.5. The minimum Gasteiger partial charge on any atom is -0.497 e. The third kappa shape index (κ3) is 5.37. The summed E-state index contributed by atoms with van der Waals surface area (Å²) >= 11 is 6.13. The fourth-order valence-electron chi connectivity index (χ4n) is 2.49. The van der Waals surface area contributed by atoms with E-state index in [1.54, 1.807) is 12.1 Å². The molecule has 0 fully saturated rings. The Hall–Kier alpha value is -2.25. The molecule has 2 aromatic rings. The summed E-state index contributed by atoms with van der Waals surface area (Å²) in [6.45, 7) is 3.96. The van der Waals surface area contributed by atoms with E-state index in [0.717, 1.165) is 12.8 Å². The van der Waals surface area contributed by atoms with Crippen molar-refractivity contribution in [3.63, 3.8) is 0 Å². The molecule has 0 spiro atoms. The number of nitrogens with one attached hydrogen (secondary N) is 2. The predicted octanol–water partition coefficient (Wildman–Crippen LogP) is 4.07. The fraction of sp³-hybridized carbons (Fsp3) is 0.316. The number of anilines is 1. The largest absolute Gasteiger partial charge is 0.497 e. The molecule has 0 saturated carbocycles. The van der Waals surface area contributed by atoms with Crippen molar-refractivity contribution in [3.8, 4) is 5.75 Å². The maximum absolute atomic E-state index is 12.6. The van der Waals surface area contributed by atoms with Gasteiger partial charge in [0, 0.05) is 11.7 Å². The van der Waals surface area contributed by atoms with Gasteiger partial charge in [-0.15, -0.1) is 0 Å². The highest BCUT2D eigenvalue weighted by Gasteiger charge is 2.18. The summed E-state index contributed by atoms with van der Waals surface area (Å²) in [4.78, 5) is 12.5. The van der Waals surface area contributed by atoms with Gasteiger partial charge in [0.25, 0.3) is 15.9 Å². The van der Waals surface area contributed by atoms with Crippen molar-refractivity contribution in [1.82, 2.24) is 5.32 Å². The Labute approximate surface area is 164 Å². The topological polar surface area (TPSA) is 84.5 Å². The van der Waals surface area contributed by atoms with E-state index in [2.05, 4.69) is 10.0 Å². The number of methoxy groups -OCH3 is 1. The van der Waals surface area contributed by atoms with E-state index >= 15 is 0 Å². The molecule has 0 unspecified atom stereocenters. The van der Waals surface area contributed by atoms with Gasteiger partial charge in [0.1, 0.15) is 5.75 Å². The van der Waals surface area contributed by atoms with Crippen LogP contribution in [0, 0.1) is 0 Å². The van der Waals surface area contributed by atoms with Crippen LogP contribution in [0.4, 0.5) is 5.69 Å². The Morgan fingerprint density at radius 3 is 2.30 bits per heavy atom. The van der Waals surface area contributed by atoms with Gasteiger partial charge in [-0.3, -0.25) is 9.52 Å². The first-order valence-electron chi connectivity index (χ1n) is 8.58. The standard InChI is InChI=1S/C19H23ClN2O4S/c1-4-13(5-2)21-19(23)17-12-14(6-11-18(17)20)22-27(24,25)16-9-7-15(26-3)8-10-16/h6-13,22H,4-5H2,1-3H3,(H,21,23). The first kappa shape index (κ1) is 21.1. The molecular formula is C19H23ClN2O4S. The first-order valence-corrected chi connectivity index (χ1v) is 10.4. The zero-order chi connectivity index (χ0) is 20.0. The van der Waals surface area contributed by atoms with Crippen LogP contribution in [0.2, 0.25) is 5.02 Å². The normalized spacial score (nSPS) is 11.3. The number of carbonyl (C=O) groups is 1. The lowest BCUT2D eigenvalue weighted by atomic mass is 10.1. The number of rotatable bonds is 8. The van der Waals surface area contributed by atoms with Crippen LogP contribution in [0.1, 0.15) is 37.0 Å². The molecule has 146 valence electrons. The van der Waals surface area contributed by atoms with Crippen LogP contribution >= 0.6 is 11.6 Å². The second-order valence-electron chi connectivity index (χ2n) is 5.96. The molecule has 0 aromatic heterocycles. The Morgan fingerprint density at radius 2 is 1.74 bits per heavy atom. The second kappa shape index (κ2) is 9.10. The molecule has 2 rings (SSSR count). The number of benzene rings is 2. The van der Waals surface area contributed by atoms with E-state index in [1.807, 2.05) is 13.8 Å². The molecule has 2 N–H and O–H groups in total. The van der Waals surface area contributed by atoms with Crippen molar-refractivity contribution in [3.05, 3.63) is 53.1 Å². The Kier molecular flexibility index (Phi) is 7.10. The van der Waals surface area contributed by atoms with Crippen molar-refractivity contribution >= 4 is 33.2 Å². The lowest BCUT2D eigenvalue weighted by Crippen LogP contribution is -2.34. The summed E-state index contributed by atoms with van der Waals surface area (Å²) in [5.74, 6) is 0.222. The molecule has 2 aromatic carbocycles. The predicted molar refractivity (Wildman–Crippen MR) is 107 cm³/mol. The summed E-state index contributed by atoms with van der Waals surface area (Å²) in [5.41, 5.74) is 0.475. The maximum atomic E-state index is 12.6. The summed E-state index contributed by atoms with van der Waals surface area (Å²) < 4.78 is 32.6. The fourth-order valence-corrected chi connectivity index (χ4v) is 3.74. The van der Waals surface area contributed by atoms with Crippen molar-refractivity contribution < 1.29 is 17.9 Å². The molecule has 6 nitrogen and oxygen atoms in total. The maximum Gasteiger partial charge on any atom is 0.261 e. The van der Waals surface area contributed by atoms with Gasteiger partial charge in [0.05, 0.1) is 22.6 Å². The highest BCUT2D eigenvalue weighted by atomic mass is 35.5. The van der Waals surface area contributed by atoms with E-state index in [9.17, 15) is 13.2 Å². The van der Waals surface area contributed by atoms with Crippen LogP contribution in [0.5, 0.6) is 5.75 Å². The van der Waals surface area contributed by atoms with Gasteiger partial charge < -0.3 is 10.1 Å². The van der Waals surface area contributed by atoms with Gasteiger partial charge in [-0.1, -0.05) is 25.4 Å². The summed E-state index contributed by atoms with van der Waals surface area (Å²) in [6.07, 6.45) is 1.59. The van der Waals surface area contributed by atoms with E-state index in [1.165, 1.54) is 37.4 Å². The quantitative estimate of drug-likeness (QED) is 0.687. The first-order chi connectivity index (χ1) is 12.8. The molecule has 0 aliphatic carbocycles. The van der Waals surface area contributed by atoms with Crippen LogP contribution in [0.15, 0.2) is 47.4 Å². The number of ether oxygens (including phenoxy) is 1. The van der Waals surface area contributed by atoms with Gasteiger partial charge in [-0.25, -0.2) is 8.42 Å². The van der Waals surface area contributed by atoms with Crippen molar-refractivity contribution in [2.24, 2.45) is 0 Å². The number of carbonyl (C=O) groups excluding carboxylic acids is 1. The molecule has 0 aliphatic heterocycles. The van der Waals surface area contributed by atoms with Crippen molar-refractivity contribution in [1.29, 1.82) is 0 Å². The van der Waals surface area contributed by atoms with Crippen LogP contribution in [0.3, 0.4) is 0 Å². The Bertz CT molecular complexity index is 894. The minimum atomic E-state index is -3.81. The molecular weight excluding hydrogens is 388 g/mol. The molecule has 0 radical (unpaired) electrons. The number of sulfonamides is 1. The molecule has 8 heteroatoms. The van der Waals surface area contributed by atoms with Gasteiger partial charge in [-0.05, 0) is 55.3 Å². The second-order valence-corrected chi connectivity index (χ2v) is 8.05. The van der Waals surface area contributed by atoms with Crippen LogP contribution < -0.4 is 14.8 Å². The van der Waals surface area contributed by atoms with Crippen LogP contribution in [-0.4, -0.2) is 27.5 Å². The van der Waals surface area contributed by atoms with Crippen LogP contribution in [0.25, 0.3) is 0 Å². The number of amides is 1. The highest BCUT2D eigenvalue weighted by molar-refractivity contribution is 7.92. The lowest BCUT2D eigenvalue weighted by Gasteiger charge is -2.16. The molecule has 1 amide bonds. The van der Waals surface area contributed by atoms with E-state index in [0.29, 0.717) is 5.75 Å². The van der Waals surface area contributed by atoms with Gasteiger partial charge in [-0.2, -0.15) is 0 Å². The van der Waals surface area contributed by atoms with E-state index in [-0.39, 0.29) is 33.1 Å². The Balaban J connectivity index is 2.25. The highest BCUT2D eigenvalue weighted by Crippen LogP contribution is 2.24. The SMILES string of the molecule is CCC(CC)NC(=O)c1cc(NS(=O)(=O)c2ccc(OC)cc2)ccc1Cl. The molecule has 0 bridgehead atoms. The molecule has 0 saturated heterocycles. The molecule has 27 heavy (non-hydrogen) atoms. The number of hydrogen-bond acceptors (Lipinski definition) is 4. The smallest absolute Gasteiger partial charge is 0.261 e. The lowest BCUT2D eigenvalue weighted by molar-refractivity contribution is 0.0935. The minimum absolute atomic E-state index is 0.0354.